The van der Waals surface area contributed by atoms with Crippen molar-refractivity contribution in [2.45, 2.75) is 36.4 Å². The lowest BCUT2D eigenvalue weighted by atomic mass is 9.95. The van der Waals surface area contributed by atoms with Crippen molar-refractivity contribution in [2.24, 2.45) is 0 Å². The molecule has 2 aliphatic heterocycles. The second kappa shape index (κ2) is 8.00. The number of rotatable bonds is 2. The molecule has 2 aromatic rings. The fourth-order valence-corrected chi connectivity index (χ4v) is 4.71. The average molecular weight is 395 g/mol. The normalized spacial score (nSPS) is 21.5. The van der Waals surface area contributed by atoms with Crippen LogP contribution < -0.4 is 10.6 Å². The molecule has 0 radical (unpaired) electrons. The molecule has 2 atom stereocenters. The van der Waals surface area contributed by atoms with Crippen molar-refractivity contribution in [3.63, 3.8) is 0 Å². The zero-order valence-corrected chi connectivity index (χ0v) is 16.0. The van der Waals surface area contributed by atoms with Crippen LogP contribution in [0.4, 0.5) is 0 Å². The molecule has 0 saturated carbocycles. The summed E-state index contributed by atoms with van der Waals surface area (Å²) >= 11 is 7.98. The van der Waals surface area contributed by atoms with Gasteiger partial charge in [-0.2, -0.15) is 0 Å². The van der Waals surface area contributed by atoms with E-state index in [1.165, 1.54) is 16.0 Å². The molecule has 132 valence electrons. The Morgan fingerprint density at radius 1 is 1.20 bits per heavy atom. The zero-order chi connectivity index (χ0) is 16.5. The van der Waals surface area contributed by atoms with E-state index in [9.17, 15) is 4.79 Å². The molecular formula is C19H20Cl2N2OS. The minimum absolute atomic E-state index is 0. The van der Waals surface area contributed by atoms with E-state index in [0.29, 0.717) is 0 Å². The quantitative estimate of drug-likeness (QED) is 0.804. The maximum atomic E-state index is 12.8. The summed E-state index contributed by atoms with van der Waals surface area (Å²) in [6.45, 7) is 0.747. The number of amides is 1. The van der Waals surface area contributed by atoms with Gasteiger partial charge in [0, 0.05) is 22.2 Å². The highest BCUT2D eigenvalue weighted by molar-refractivity contribution is 7.99. The predicted octanol–water partition coefficient (Wildman–Crippen LogP) is 4.13. The van der Waals surface area contributed by atoms with Crippen molar-refractivity contribution >= 4 is 41.7 Å². The van der Waals surface area contributed by atoms with Gasteiger partial charge in [0.25, 0.3) is 0 Å². The van der Waals surface area contributed by atoms with Crippen molar-refractivity contribution < 1.29 is 4.79 Å². The molecule has 2 aliphatic rings. The Hall–Kier alpha value is -1.20. The summed E-state index contributed by atoms with van der Waals surface area (Å²) in [6, 6.07) is 14.1. The van der Waals surface area contributed by atoms with Crippen LogP contribution in [0.15, 0.2) is 47.4 Å². The van der Waals surface area contributed by atoms with Crippen molar-refractivity contribution in [2.75, 3.05) is 5.75 Å². The Morgan fingerprint density at radius 2 is 2.00 bits per heavy atom. The number of nitrogens with one attached hydrogen (secondary N) is 2. The lowest BCUT2D eigenvalue weighted by Gasteiger charge is -2.30. The molecule has 0 aromatic heterocycles. The highest BCUT2D eigenvalue weighted by atomic mass is 35.5. The first-order valence-electron chi connectivity index (χ1n) is 8.23. The highest BCUT2D eigenvalue weighted by Gasteiger charge is 2.28. The van der Waals surface area contributed by atoms with E-state index in [0.717, 1.165) is 35.7 Å². The minimum atomic E-state index is -0.169. The average Bonchev–Trinajstić information content (AvgIpc) is 2.62. The second-order valence-electron chi connectivity index (χ2n) is 6.29. The van der Waals surface area contributed by atoms with Crippen LogP contribution in [0.3, 0.4) is 0 Å². The molecular weight excluding hydrogens is 375 g/mol. The van der Waals surface area contributed by atoms with E-state index >= 15 is 0 Å². The maximum Gasteiger partial charge on any atom is 0.237 e. The lowest BCUT2D eigenvalue weighted by Crippen LogP contribution is -2.48. The fourth-order valence-electron chi connectivity index (χ4n) is 3.43. The number of carbonyl (C=O) groups excluding carboxylic acids is 1. The monoisotopic (exact) mass is 394 g/mol. The first kappa shape index (κ1) is 18.6. The summed E-state index contributed by atoms with van der Waals surface area (Å²) in [5.74, 6) is 1.09. The van der Waals surface area contributed by atoms with Crippen LogP contribution in [0.2, 0.25) is 5.02 Å². The molecule has 2 N–H and O–H groups in total. The van der Waals surface area contributed by atoms with Crippen LogP contribution in [0.25, 0.3) is 0 Å². The summed E-state index contributed by atoms with van der Waals surface area (Å²) in [5.41, 5.74) is 3.69. The molecule has 0 bridgehead atoms. The van der Waals surface area contributed by atoms with E-state index in [1.54, 1.807) is 0 Å². The third kappa shape index (κ3) is 3.98. The largest absolute Gasteiger partial charge is 0.348 e. The number of hydrogen-bond acceptors (Lipinski definition) is 3. The van der Waals surface area contributed by atoms with Crippen molar-refractivity contribution in [1.29, 1.82) is 0 Å². The van der Waals surface area contributed by atoms with Gasteiger partial charge < -0.3 is 10.6 Å². The predicted molar refractivity (Wildman–Crippen MR) is 106 cm³/mol. The van der Waals surface area contributed by atoms with E-state index in [4.69, 9.17) is 11.6 Å². The SMILES string of the molecule is Cl.O=C(NC1CCSc2ccc(Cl)cc21)C1Cc2ccccc2CN1. The van der Waals surface area contributed by atoms with Gasteiger partial charge in [0.05, 0.1) is 12.1 Å². The molecule has 25 heavy (non-hydrogen) atoms. The molecule has 6 heteroatoms. The van der Waals surface area contributed by atoms with Gasteiger partial charge in [-0.1, -0.05) is 35.9 Å². The Balaban J connectivity index is 0.00000182. The van der Waals surface area contributed by atoms with Crippen LogP contribution in [-0.2, 0) is 17.8 Å². The van der Waals surface area contributed by atoms with E-state index in [1.807, 2.05) is 36.0 Å². The number of hydrogen-bond donors (Lipinski definition) is 2. The highest BCUT2D eigenvalue weighted by Crippen LogP contribution is 2.37. The summed E-state index contributed by atoms with van der Waals surface area (Å²) < 4.78 is 0. The minimum Gasteiger partial charge on any atom is -0.348 e. The van der Waals surface area contributed by atoms with E-state index in [-0.39, 0.29) is 30.4 Å². The first-order valence-corrected chi connectivity index (χ1v) is 9.60. The van der Waals surface area contributed by atoms with Gasteiger partial charge >= 0.3 is 0 Å². The summed E-state index contributed by atoms with van der Waals surface area (Å²) in [6.07, 6.45) is 1.68. The van der Waals surface area contributed by atoms with Crippen LogP contribution in [-0.4, -0.2) is 17.7 Å². The van der Waals surface area contributed by atoms with Crippen LogP contribution in [0.1, 0.15) is 29.2 Å². The van der Waals surface area contributed by atoms with E-state index in [2.05, 4.69) is 28.8 Å². The van der Waals surface area contributed by atoms with Gasteiger partial charge in [0.1, 0.15) is 0 Å². The van der Waals surface area contributed by atoms with Gasteiger partial charge in [-0.15, -0.1) is 24.2 Å². The van der Waals surface area contributed by atoms with Gasteiger partial charge in [0.15, 0.2) is 0 Å². The number of halogens is 2. The molecule has 2 unspecified atom stereocenters. The summed E-state index contributed by atoms with van der Waals surface area (Å²) in [5, 5.41) is 7.31. The van der Waals surface area contributed by atoms with Crippen LogP contribution >= 0.6 is 35.8 Å². The van der Waals surface area contributed by atoms with Crippen LogP contribution in [0, 0.1) is 0 Å². The number of carbonyl (C=O) groups is 1. The lowest BCUT2D eigenvalue weighted by molar-refractivity contribution is -0.124. The zero-order valence-electron chi connectivity index (χ0n) is 13.6. The molecule has 0 aliphatic carbocycles. The first-order chi connectivity index (χ1) is 11.7. The molecule has 0 saturated heterocycles. The van der Waals surface area contributed by atoms with Crippen LogP contribution in [0.5, 0.6) is 0 Å². The van der Waals surface area contributed by atoms with E-state index < -0.39 is 0 Å². The maximum absolute atomic E-state index is 12.8. The Morgan fingerprint density at radius 3 is 2.84 bits per heavy atom. The molecule has 0 spiro atoms. The Kier molecular flexibility index (Phi) is 5.95. The summed E-state index contributed by atoms with van der Waals surface area (Å²) in [7, 11) is 0. The topological polar surface area (TPSA) is 41.1 Å². The molecule has 2 aromatic carbocycles. The van der Waals surface area contributed by atoms with Crippen molar-refractivity contribution in [3.8, 4) is 0 Å². The number of fused-ring (bicyclic) bond motifs is 2. The van der Waals surface area contributed by atoms with Crippen molar-refractivity contribution in [1.82, 2.24) is 10.6 Å². The molecule has 3 nitrogen and oxygen atoms in total. The van der Waals surface area contributed by atoms with Crippen molar-refractivity contribution in [3.05, 3.63) is 64.2 Å². The third-order valence-electron chi connectivity index (χ3n) is 4.73. The Labute approximate surface area is 163 Å². The number of thioether (sulfide) groups is 1. The smallest absolute Gasteiger partial charge is 0.237 e. The standard InChI is InChI=1S/C19H19ClN2OS.ClH/c20-14-5-6-18-15(10-14)16(7-8-24-18)22-19(23)17-9-12-3-1-2-4-13(12)11-21-17;/h1-6,10,16-17,21H,7-9,11H2,(H,22,23);1H. The second-order valence-corrected chi connectivity index (χ2v) is 7.86. The van der Waals surface area contributed by atoms with Gasteiger partial charge in [0.2, 0.25) is 5.91 Å². The fraction of sp³-hybridized carbons (Fsp3) is 0.316. The number of benzene rings is 2. The molecule has 0 fully saturated rings. The summed E-state index contributed by atoms with van der Waals surface area (Å²) in [4.78, 5) is 14.0. The van der Waals surface area contributed by atoms with Gasteiger partial charge in [-0.05, 0) is 47.7 Å². The molecule has 2 heterocycles. The molecule has 1 amide bonds. The van der Waals surface area contributed by atoms with Gasteiger partial charge in [-0.3, -0.25) is 4.79 Å². The molecule has 4 rings (SSSR count). The van der Waals surface area contributed by atoms with Gasteiger partial charge in [-0.25, -0.2) is 0 Å². The Bertz CT molecular complexity index is 784. The third-order valence-corrected chi connectivity index (χ3v) is 6.08.